The number of hydrogen-bond donors (Lipinski definition) is 6. The molecule has 3 amide bonds. The van der Waals surface area contributed by atoms with Crippen LogP contribution in [0.15, 0.2) is 38.9 Å². The molecule has 46 heavy (non-hydrogen) atoms. The number of aliphatic carboxylic acids is 1. The predicted molar refractivity (Wildman–Crippen MR) is 163 cm³/mol. The number of carboxylic acids is 1. The lowest BCUT2D eigenvalue weighted by Crippen LogP contribution is -2.71. The van der Waals surface area contributed by atoms with Crippen molar-refractivity contribution in [2.75, 3.05) is 37.9 Å². The molecule has 0 radical (unpaired) electrons. The largest absolute Gasteiger partial charge is 0.503 e. The summed E-state index contributed by atoms with van der Waals surface area (Å²) in [4.78, 5) is 71.0. The highest BCUT2D eigenvalue weighted by Crippen LogP contribution is 2.41. The Bertz CT molecular complexity index is 1790. The molecular weight excluding hydrogens is 667 g/mol. The summed E-state index contributed by atoms with van der Waals surface area (Å²) in [5.74, 6) is -4.30. The first-order chi connectivity index (χ1) is 21.8. The number of aromatic nitrogens is 6. The summed E-state index contributed by atoms with van der Waals surface area (Å²) < 4.78 is 1.82. The number of carbonyl (C=O) groups is 4. The van der Waals surface area contributed by atoms with Crippen LogP contribution in [0.25, 0.3) is 0 Å². The summed E-state index contributed by atoms with van der Waals surface area (Å²) in [6.45, 7) is 1.22. The third-order valence-electron chi connectivity index (χ3n) is 6.80. The van der Waals surface area contributed by atoms with Gasteiger partial charge in [0.05, 0.1) is 18.4 Å². The topological polar surface area (TPSA) is 264 Å². The third-order valence-corrected chi connectivity index (χ3v) is 9.87. The third kappa shape index (κ3) is 6.63. The first-order valence-electron chi connectivity index (χ1n) is 13.3. The smallest absolute Gasteiger partial charge is 0.352 e. The number of fused-ring (bicyclic) bond motifs is 1. The number of tetrazole rings is 1. The number of thioether (sulfide) groups is 2. The Morgan fingerprint density at radius 2 is 2.04 bits per heavy atom. The van der Waals surface area contributed by atoms with Crippen LogP contribution in [0.4, 0.5) is 5.13 Å². The number of likely N-dealkylation sites (N-methyl/N-ethyl adjacent to an activating group) is 1. The van der Waals surface area contributed by atoms with Crippen LogP contribution in [0.2, 0.25) is 0 Å². The molecule has 7 N–H and O–H groups in total. The van der Waals surface area contributed by atoms with E-state index in [4.69, 9.17) is 5.73 Å². The lowest BCUT2D eigenvalue weighted by atomic mass is 10.0. The molecule has 22 heteroatoms. The number of β-lactam (4-membered cyclic amide) rings is 1. The van der Waals surface area contributed by atoms with Gasteiger partial charge in [0, 0.05) is 29.5 Å². The van der Waals surface area contributed by atoms with E-state index >= 15 is 0 Å². The summed E-state index contributed by atoms with van der Waals surface area (Å²) in [5.41, 5.74) is 4.48. The molecule has 5 rings (SSSR count). The van der Waals surface area contributed by atoms with Gasteiger partial charge in [-0.25, -0.2) is 14.5 Å². The van der Waals surface area contributed by atoms with Crippen molar-refractivity contribution in [3.05, 3.63) is 50.5 Å². The summed E-state index contributed by atoms with van der Waals surface area (Å²) in [6, 6.07) is -2.00. The number of nitrogens with zero attached hydrogens (tertiary/aromatic N) is 8. The monoisotopic (exact) mass is 693 g/mol. The number of aromatic hydroxyl groups is 1. The summed E-state index contributed by atoms with van der Waals surface area (Å²) in [5, 5.41) is 47.4. The zero-order chi connectivity index (χ0) is 33.3. The van der Waals surface area contributed by atoms with Gasteiger partial charge >= 0.3 is 5.97 Å². The quantitative estimate of drug-likeness (QED) is 0.0707. The molecule has 0 aliphatic carbocycles. The van der Waals surface area contributed by atoms with Crippen LogP contribution in [0.5, 0.6) is 5.75 Å². The second-order valence-electron chi connectivity index (χ2n) is 10.2. The summed E-state index contributed by atoms with van der Waals surface area (Å²) >= 11 is 3.47. The maximum absolute atomic E-state index is 13.5. The molecule has 244 valence electrons. The van der Waals surface area contributed by atoms with Gasteiger partial charge in [0.15, 0.2) is 16.9 Å². The fraction of sp³-hybridized carbons (Fsp3) is 0.375. The number of thiazole rings is 1. The molecule has 0 bridgehead atoms. The van der Waals surface area contributed by atoms with E-state index in [1.807, 2.05) is 19.0 Å². The van der Waals surface area contributed by atoms with Gasteiger partial charge in [-0.15, -0.1) is 28.2 Å². The summed E-state index contributed by atoms with van der Waals surface area (Å²) in [7, 11) is 3.82. The minimum Gasteiger partial charge on any atom is -0.503 e. The summed E-state index contributed by atoms with van der Waals surface area (Å²) in [6.07, 6.45) is 0.614. The maximum atomic E-state index is 13.5. The highest BCUT2D eigenvalue weighted by atomic mass is 32.2. The Morgan fingerprint density at radius 3 is 2.72 bits per heavy atom. The van der Waals surface area contributed by atoms with Crippen LogP contribution < -0.4 is 21.8 Å². The number of rotatable bonds is 12. The van der Waals surface area contributed by atoms with Gasteiger partial charge < -0.3 is 36.7 Å². The Hall–Kier alpha value is -4.67. The molecule has 3 aromatic heterocycles. The van der Waals surface area contributed by atoms with Gasteiger partial charge in [-0.3, -0.25) is 24.1 Å². The van der Waals surface area contributed by atoms with Crippen molar-refractivity contribution in [2.45, 2.75) is 29.2 Å². The first kappa shape index (κ1) is 32.7. The minimum atomic E-state index is -1.53. The van der Waals surface area contributed by atoms with E-state index in [1.165, 1.54) is 28.9 Å². The van der Waals surface area contributed by atoms with Crippen LogP contribution in [0.3, 0.4) is 0 Å². The number of nitrogens with one attached hydrogen (secondary N) is 2. The fourth-order valence-electron chi connectivity index (χ4n) is 4.51. The Morgan fingerprint density at radius 1 is 1.28 bits per heavy atom. The van der Waals surface area contributed by atoms with E-state index in [9.17, 15) is 39.4 Å². The molecule has 0 aromatic carbocycles. The molecule has 19 nitrogen and oxygen atoms in total. The van der Waals surface area contributed by atoms with E-state index in [0.29, 0.717) is 36.1 Å². The molecule has 2 aliphatic heterocycles. The molecule has 0 spiro atoms. The molecule has 1 saturated heterocycles. The van der Waals surface area contributed by atoms with Gasteiger partial charge in [0.25, 0.3) is 11.8 Å². The highest BCUT2D eigenvalue weighted by molar-refractivity contribution is 8.01. The normalized spacial score (nSPS) is 18.2. The van der Waals surface area contributed by atoms with Gasteiger partial charge in [-0.1, -0.05) is 11.8 Å². The average molecular weight is 694 g/mol. The Kier molecular flexibility index (Phi) is 9.50. The van der Waals surface area contributed by atoms with Crippen LogP contribution in [0, 0.1) is 0 Å². The van der Waals surface area contributed by atoms with Gasteiger partial charge in [0.1, 0.15) is 22.8 Å². The van der Waals surface area contributed by atoms with E-state index < -0.39 is 58.0 Å². The van der Waals surface area contributed by atoms with Crippen molar-refractivity contribution < 1.29 is 34.6 Å². The minimum absolute atomic E-state index is 0.0113. The van der Waals surface area contributed by atoms with Crippen LogP contribution in [-0.4, -0.2) is 122 Å². The molecule has 2 aliphatic rings. The zero-order valence-corrected chi connectivity index (χ0v) is 26.5. The second kappa shape index (κ2) is 13.4. The molecule has 1 fully saturated rings. The van der Waals surface area contributed by atoms with Crippen molar-refractivity contribution >= 4 is 63.7 Å². The fourth-order valence-corrected chi connectivity index (χ4v) is 7.49. The van der Waals surface area contributed by atoms with Crippen LogP contribution in [-0.2, 0) is 20.9 Å². The number of amides is 3. The van der Waals surface area contributed by atoms with Crippen LogP contribution >= 0.6 is 34.9 Å². The number of nitrogen functional groups attached to an aromatic ring is 1. The number of carboxylic acid groups (broad SMARTS) is 1. The number of hydrogen-bond acceptors (Lipinski definition) is 16. The van der Waals surface area contributed by atoms with Crippen molar-refractivity contribution in [3.8, 4) is 5.75 Å². The van der Waals surface area contributed by atoms with Gasteiger partial charge in [-0.05, 0) is 30.1 Å². The van der Waals surface area contributed by atoms with Crippen molar-refractivity contribution in [1.82, 2.24) is 50.4 Å². The lowest BCUT2D eigenvalue weighted by molar-refractivity contribution is -0.151. The molecule has 5 heterocycles. The van der Waals surface area contributed by atoms with E-state index in [1.54, 1.807) is 4.68 Å². The number of nitrogens with two attached hydrogens (primary N) is 1. The van der Waals surface area contributed by atoms with Crippen LogP contribution in [0.1, 0.15) is 22.2 Å². The average Bonchev–Trinajstić information content (AvgIpc) is 3.65. The number of carbonyl (C=O) groups excluding carboxylic acids is 3. The van der Waals surface area contributed by atoms with Crippen molar-refractivity contribution in [1.29, 1.82) is 0 Å². The molecule has 3 aromatic rings. The molecule has 1 unspecified atom stereocenters. The van der Waals surface area contributed by atoms with E-state index in [2.05, 4.69) is 31.1 Å². The van der Waals surface area contributed by atoms with Crippen molar-refractivity contribution in [3.63, 3.8) is 0 Å². The van der Waals surface area contributed by atoms with E-state index in [-0.39, 0.29) is 32.8 Å². The van der Waals surface area contributed by atoms with E-state index in [0.717, 1.165) is 16.2 Å². The standard InChI is InChI=1S/C24H27N11O8S3/c1-32(2)3-4-33-24(29-30-31-33)46-8-10-7-44-21-16(20(40)35(21)17(10)22(41)42)28-19(39)15(11-9-45-23(25)26-11)27-18(38)12-5-13(36)14(37)6-34(12)43/h5-6,9,15-16,21,37,43H,3-4,7-8H2,1-2H3,(H2,25,26)(H,27,38)(H,28,39)(H,41,42)/t15?,16-,21-/m1/s1. The predicted octanol–water partition coefficient (Wildman–Crippen LogP) is -1.62. The second-order valence-corrected chi connectivity index (χ2v) is 13.1. The maximum Gasteiger partial charge on any atom is 0.352 e. The molecule has 3 atom stereocenters. The zero-order valence-electron chi connectivity index (χ0n) is 24.1. The molecule has 0 saturated carbocycles. The number of pyridine rings is 1. The number of anilines is 1. The molecular formula is C24H27N11O8S3. The lowest BCUT2D eigenvalue weighted by Gasteiger charge is -2.49. The Balaban J connectivity index is 1.31. The van der Waals surface area contributed by atoms with Crippen molar-refractivity contribution in [2.24, 2.45) is 0 Å². The van der Waals surface area contributed by atoms with Gasteiger partial charge in [-0.2, -0.15) is 4.73 Å². The highest BCUT2D eigenvalue weighted by Gasteiger charge is 2.54. The van der Waals surface area contributed by atoms with Gasteiger partial charge in [0.2, 0.25) is 16.5 Å². The SMILES string of the molecule is CN(C)CCn1nnnc1SCC1=C(C(=O)O)N2C(=O)[C@@H](NC(=O)C(NC(=O)c3cc(=O)c(O)cn3O)c3csc(N)n3)[C@H]2SC1. The first-order valence-corrected chi connectivity index (χ1v) is 16.2. The Labute approximate surface area is 271 Å².